The van der Waals surface area contributed by atoms with Gasteiger partial charge in [0.15, 0.2) is 0 Å². The normalized spacial score (nSPS) is 11.9. The Balaban J connectivity index is 1.83. The van der Waals surface area contributed by atoms with Gasteiger partial charge in [-0.1, -0.05) is 54.1 Å². The van der Waals surface area contributed by atoms with Crippen molar-refractivity contribution in [2.45, 2.75) is 12.5 Å². The zero-order valence-corrected chi connectivity index (χ0v) is 11.7. The molecule has 0 bridgehead atoms. The molecule has 0 aromatic heterocycles. The Morgan fingerprint density at radius 1 is 1.15 bits per heavy atom. The molecular weight excluding hydrogens is 274 g/mol. The Morgan fingerprint density at radius 2 is 1.90 bits per heavy atom. The third-order valence-corrected chi connectivity index (χ3v) is 3.17. The summed E-state index contributed by atoms with van der Waals surface area (Å²) >= 11 is 5.86. The van der Waals surface area contributed by atoms with E-state index in [2.05, 4.69) is 5.32 Å². The summed E-state index contributed by atoms with van der Waals surface area (Å²) in [5.74, 6) is -0.137. The lowest BCUT2D eigenvalue weighted by atomic mass is 10.1. The van der Waals surface area contributed by atoms with Crippen molar-refractivity contribution in [2.75, 3.05) is 6.54 Å². The van der Waals surface area contributed by atoms with Gasteiger partial charge < -0.3 is 10.4 Å². The fraction of sp³-hybridized carbons (Fsp3) is 0.188. The molecule has 2 rings (SSSR count). The molecule has 1 amide bonds. The van der Waals surface area contributed by atoms with Gasteiger partial charge in [0.2, 0.25) is 5.91 Å². The zero-order valence-electron chi connectivity index (χ0n) is 10.9. The second-order valence-electron chi connectivity index (χ2n) is 4.54. The first kappa shape index (κ1) is 14.6. The summed E-state index contributed by atoms with van der Waals surface area (Å²) in [4.78, 5) is 11.8. The van der Waals surface area contributed by atoms with Crippen molar-refractivity contribution in [3.8, 4) is 0 Å². The van der Waals surface area contributed by atoms with E-state index in [1.807, 2.05) is 42.5 Å². The number of benzene rings is 2. The second-order valence-corrected chi connectivity index (χ2v) is 4.97. The Hall–Kier alpha value is -1.84. The Morgan fingerprint density at radius 3 is 2.60 bits per heavy atom. The molecule has 0 saturated heterocycles. The molecule has 0 radical (unpaired) electrons. The van der Waals surface area contributed by atoms with Crippen LogP contribution in [0.25, 0.3) is 0 Å². The van der Waals surface area contributed by atoms with E-state index in [9.17, 15) is 9.90 Å². The third kappa shape index (κ3) is 4.37. The van der Waals surface area contributed by atoms with Gasteiger partial charge in [-0.3, -0.25) is 4.79 Å². The molecule has 2 aromatic carbocycles. The predicted octanol–water partition coefficient (Wildman–Crippen LogP) is 2.73. The van der Waals surface area contributed by atoms with E-state index >= 15 is 0 Å². The lowest BCUT2D eigenvalue weighted by Crippen LogP contribution is -2.29. The molecule has 20 heavy (non-hydrogen) atoms. The summed E-state index contributed by atoms with van der Waals surface area (Å²) in [6.07, 6.45) is -0.443. The maximum atomic E-state index is 11.8. The van der Waals surface area contributed by atoms with E-state index in [4.69, 9.17) is 11.6 Å². The first-order chi connectivity index (χ1) is 9.65. The minimum absolute atomic E-state index is 0.137. The van der Waals surface area contributed by atoms with E-state index in [0.717, 1.165) is 11.1 Å². The van der Waals surface area contributed by atoms with E-state index in [1.54, 1.807) is 12.1 Å². The van der Waals surface area contributed by atoms with Crippen LogP contribution in [0.3, 0.4) is 0 Å². The number of carbonyl (C=O) groups is 1. The van der Waals surface area contributed by atoms with Gasteiger partial charge in [0, 0.05) is 11.6 Å². The number of aliphatic hydroxyl groups excluding tert-OH is 1. The van der Waals surface area contributed by atoms with Gasteiger partial charge in [-0.2, -0.15) is 0 Å². The molecule has 0 aliphatic rings. The minimum atomic E-state index is -0.695. The van der Waals surface area contributed by atoms with E-state index in [-0.39, 0.29) is 18.9 Å². The van der Waals surface area contributed by atoms with Gasteiger partial charge in [-0.05, 0) is 23.3 Å². The first-order valence-electron chi connectivity index (χ1n) is 6.39. The Kier molecular flexibility index (Phi) is 5.16. The monoisotopic (exact) mass is 289 g/mol. The largest absolute Gasteiger partial charge is 0.387 e. The predicted molar refractivity (Wildman–Crippen MR) is 79.6 cm³/mol. The molecule has 104 valence electrons. The zero-order chi connectivity index (χ0) is 14.4. The molecule has 3 nitrogen and oxygen atoms in total. The molecule has 0 aliphatic heterocycles. The van der Waals surface area contributed by atoms with Crippen molar-refractivity contribution in [3.63, 3.8) is 0 Å². The topological polar surface area (TPSA) is 49.3 Å². The summed E-state index contributed by atoms with van der Waals surface area (Å²) in [5.41, 5.74) is 1.64. The smallest absolute Gasteiger partial charge is 0.224 e. The van der Waals surface area contributed by atoms with Crippen molar-refractivity contribution >= 4 is 17.5 Å². The lowest BCUT2D eigenvalue weighted by Gasteiger charge is -2.12. The molecule has 2 N–H and O–H groups in total. The molecule has 0 saturated carbocycles. The number of hydrogen-bond donors (Lipinski definition) is 2. The van der Waals surface area contributed by atoms with Gasteiger partial charge in [-0.15, -0.1) is 0 Å². The minimum Gasteiger partial charge on any atom is -0.387 e. The maximum absolute atomic E-state index is 11.8. The number of halogens is 1. The average molecular weight is 290 g/mol. The molecule has 1 atom stereocenters. The molecule has 1 unspecified atom stereocenters. The van der Waals surface area contributed by atoms with Gasteiger partial charge in [0.25, 0.3) is 0 Å². The number of nitrogens with one attached hydrogen (secondary N) is 1. The second kappa shape index (κ2) is 7.08. The van der Waals surface area contributed by atoms with Crippen LogP contribution in [0.4, 0.5) is 0 Å². The van der Waals surface area contributed by atoms with Gasteiger partial charge in [-0.25, -0.2) is 0 Å². The Labute approximate surface area is 123 Å². The van der Waals surface area contributed by atoms with E-state index < -0.39 is 6.10 Å². The third-order valence-electron chi connectivity index (χ3n) is 2.93. The van der Waals surface area contributed by atoms with Crippen LogP contribution in [0.2, 0.25) is 5.02 Å². The van der Waals surface area contributed by atoms with Crippen LogP contribution >= 0.6 is 11.6 Å². The summed E-state index contributed by atoms with van der Waals surface area (Å²) < 4.78 is 0. The lowest BCUT2D eigenvalue weighted by molar-refractivity contribution is -0.120. The summed E-state index contributed by atoms with van der Waals surface area (Å²) in [7, 11) is 0. The number of amides is 1. The van der Waals surface area contributed by atoms with Crippen LogP contribution in [0.1, 0.15) is 17.2 Å². The van der Waals surface area contributed by atoms with E-state index in [0.29, 0.717) is 5.02 Å². The molecular formula is C16H16ClNO2. The molecule has 0 fully saturated rings. The highest BCUT2D eigenvalue weighted by Gasteiger charge is 2.09. The molecule has 2 aromatic rings. The highest BCUT2D eigenvalue weighted by Crippen LogP contribution is 2.12. The van der Waals surface area contributed by atoms with Crippen molar-refractivity contribution in [1.82, 2.24) is 5.32 Å². The van der Waals surface area contributed by atoms with Crippen molar-refractivity contribution in [2.24, 2.45) is 0 Å². The fourth-order valence-corrected chi connectivity index (χ4v) is 2.11. The molecule has 4 heteroatoms. The number of aliphatic hydroxyl groups is 1. The van der Waals surface area contributed by atoms with Crippen LogP contribution in [0.15, 0.2) is 54.6 Å². The first-order valence-corrected chi connectivity index (χ1v) is 6.77. The SMILES string of the molecule is O=C(Cc1cccc(Cl)c1)NCC(O)c1ccccc1. The standard InChI is InChI=1S/C16H16ClNO2/c17-14-8-4-5-12(9-14)10-16(20)18-11-15(19)13-6-2-1-3-7-13/h1-9,15,19H,10-11H2,(H,18,20). The van der Waals surface area contributed by atoms with Crippen molar-refractivity contribution in [1.29, 1.82) is 0 Å². The van der Waals surface area contributed by atoms with Gasteiger partial charge in [0.05, 0.1) is 12.5 Å². The van der Waals surface area contributed by atoms with Crippen molar-refractivity contribution in [3.05, 3.63) is 70.7 Å². The van der Waals surface area contributed by atoms with Crippen LogP contribution in [0, 0.1) is 0 Å². The van der Waals surface area contributed by atoms with Crippen LogP contribution in [-0.4, -0.2) is 17.6 Å². The van der Waals surface area contributed by atoms with Crippen LogP contribution in [-0.2, 0) is 11.2 Å². The summed E-state index contributed by atoms with van der Waals surface area (Å²) in [6, 6.07) is 16.4. The maximum Gasteiger partial charge on any atom is 0.224 e. The quantitative estimate of drug-likeness (QED) is 0.889. The number of hydrogen-bond acceptors (Lipinski definition) is 2. The van der Waals surface area contributed by atoms with Gasteiger partial charge >= 0.3 is 0 Å². The van der Waals surface area contributed by atoms with E-state index in [1.165, 1.54) is 0 Å². The highest BCUT2D eigenvalue weighted by atomic mass is 35.5. The van der Waals surface area contributed by atoms with Gasteiger partial charge in [0.1, 0.15) is 0 Å². The van der Waals surface area contributed by atoms with Crippen LogP contribution < -0.4 is 5.32 Å². The highest BCUT2D eigenvalue weighted by molar-refractivity contribution is 6.30. The number of carbonyl (C=O) groups excluding carboxylic acids is 1. The summed E-state index contributed by atoms with van der Waals surface area (Å²) in [5, 5.41) is 13.3. The summed E-state index contributed by atoms with van der Waals surface area (Å²) in [6.45, 7) is 0.198. The molecule has 0 heterocycles. The van der Waals surface area contributed by atoms with Crippen LogP contribution in [0.5, 0.6) is 0 Å². The molecule has 0 aliphatic carbocycles. The number of rotatable bonds is 5. The fourth-order valence-electron chi connectivity index (χ4n) is 1.90. The molecule has 0 spiro atoms. The Bertz CT molecular complexity index is 572. The van der Waals surface area contributed by atoms with Crippen molar-refractivity contribution < 1.29 is 9.90 Å². The average Bonchev–Trinajstić information content (AvgIpc) is 2.46.